The molecule has 0 spiro atoms. The molecule has 1 heterocycles. The maximum atomic E-state index is 11.4. The minimum absolute atomic E-state index is 0.0553. The van der Waals surface area contributed by atoms with Crippen molar-refractivity contribution in [2.45, 2.75) is 71.6 Å². The zero-order valence-electron chi connectivity index (χ0n) is 14.1. The molecule has 0 saturated carbocycles. The molecule has 0 radical (unpaired) electrons. The smallest absolute Gasteiger partial charge is 0.407 e. The van der Waals surface area contributed by atoms with E-state index >= 15 is 0 Å². The van der Waals surface area contributed by atoms with E-state index < -0.39 is 0 Å². The first-order valence-corrected chi connectivity index (χ1v) is 7.39. The van der Waals surface area contributed by atoms with Gasteiger partial charge in [-0.1, -0.05) is 0 Å². The average molecular weight is 302 g/mol. The van der Waals surface area contributed by atoms with Crippen LogP contribution >= 0.6 is 0 Å². The van der Waals surface area contributed by atoms with Gasteiger partial charge in [-0.3, -0.25) is 4.79 Å². The van der Waals surface area contributed by atoms with Crippen molar-refractivity contribution in [1.29, 1.82) is 0 Å². The van der Waals surface area contributed by atoms with Gasteiger partial charge in [0.1, 0.15) is 5.60 Å². The van der Waals surface area contributed by atoms with Crippen LogP contribution in [-0.4, -0.2) is 42.9 Å². The number of carbonyl (C=O) groups is 2. The first-order chi connectivity index (χ1) is 9.58. The van der Waals surface area contributed by atoms with Crippen molar-refractivity contribution in [3.63, 3.8) is 0 Å². The van der Waals surface area contributed by atoms with E-state index in [1.807, 2.05) is 34.6 Å². The number of hydrogen-bond acceptors (Lipinski definition) is 5. The van der Waals surface area contributed by atoms with Gasteiger partial charge in [0, 0.05) is 5.54 Å². The second-order valence-corrected chi connectivity index (χ2v) is 6.72. The summed E-state index contributed by atoms with van der Waals surface area (Å²) in [4.78, 5) is 21.0. The summed E-state index contributed by atoms with van der Waals surface area (Å²) in [5.74, 6) is 0. The van der Waals surface area contributed by atoms with Gasteiger partial charge in [0.15, 0.2) is 0 Å². The molecule has 0 atom stereocenters. The highest BCUT2D eigenvalue weighted by Crippen LogP contribution is 2.17. The number of alkyl carbamates (subject to hydrolysis) is 1. The molecule has 0 aromatic heterocycles. The first-order valence-electron chi connectivity index (χ1n) is 7.39. The van der Waals surface area contributed by atoms with E-state index in [2.05, 4.69) is 22.3 Å². The van der Waals surface area contributed by atoms with Crippen molar-refractivity contribution in [2.75, 3.05) is 13.1 Å². The molecule has 1 aliphatic rings. The van der Waals surface area contributed by atoms with Crippen LogP contribution in [0.2, 0.25) is 0 Å². The van der Waals surface area contributed by atoms with Crippen LogP contribution in [0.15, 0.2) is 0 Å². The zero-order chi connectivity index (χ0) is 16.5. The van der Waals surface area contributed by atoms with Gasteiger partial charge in [0.2, 0.25) is 0 Å². The molecule has 0 aliphatic carbocycles. The molecular formula is C15H30N2O4. The Balaban J connectivity index is 0.000000486. The van der Waals surface area contributed by atoms with Crippen LogP contribution in [0.1, 0.15) is 54.4 Å². The predicted molar refractivity (Wildman–Crippen MR) is 82.2 cm³/mol. The Bertz CT molecular complexity index is 318. The highest BCUT2D eigenvalue weighted by Gasteiger charge is 2.28. The van der Waals surface area contributed by atoms with Gasteiger partial charge in [-0.25, -0.2) is 4.79 Å². The minimum atomic E-state index is -0.318. The van der Waals surface area contributed by atoms with Crippen molar-refractivity contribution in [2.24, 2.45) is 0 Å². The van der Waals surface area contributed by atoms with Gasteiger partial charge >= 0.3 is 6.09 Å². The van der Waals surface area contributed by atoms with Crippen LogP contribution in [0, 0.1) is 0 Å². The summed E-state index contributed by atoms with van der Waals surface area (Å²) >= 11 is 0. The highest BCUT2D eigenvalue weighted by atomic mass is 16.6. The lowest BCUT2D eigenvalue weighted by molar-refractivity contribution is -0.138. The first kappa shape index (κ1) is 19.7. The molecule has 0 bridgehead atoms. The van der Waals surface area contributed by atoms with E-state index in [-0.39, 0.29) is 23.3 Å². The highest BCUT2D eigenvalue weighted by molar-refractivity contribution is 5.68. The fourth-order valence-corrected chi connectivity index (χ4v) is 1.74. The number of amides is 1. The molecule has 6 heteroatoms. The largest absolute Gasteiger partial charge is 0.462 e. The Morgan fingerprint density at radius 1 is 1.29 bits per heavy atom. The maximum absolute atomic E-state index is 11.4. The number of hydrogen-bond donors (Lipinski definition) is 2. The Hall–Kier alpha value is -1.30. The third kappa shape index (κ3) is 11.1. The average Bonchev–Trinajstić information content (AvgIpc) is 2.26. The Morgan fingerprint density at radius 3 is 2.14 bits per heavy atom. The normalized spacial score (nSPS) is 17.3. The molecule has 0 aromatic rings. The van der Waals surface area contributed by atoms with Crippen molar-refractivity contribution >= 4 is 12.6 Å². The topological polar surface area (TPSA) is 76.7 Å². The Labute approximate surface area is 127 Å². The lowest BCUT2D eigenvalue weighted by Gasteiger charge is -2.34. The SMILES string of the molecule is CC(C)(C)OC=O.CC(C)OC(=O)NC1(C)CCNCC1. The van der Waals surface area contributed by atoms with Crippen molar-refractivity contribution in [3.8, 4) is 0 Å². The molecule has 6 nitrogen and oxygen atoms in total. The van der Waals surface area contributed by atoms with Crippen LogP contribution in [-0.2, 0) is 14.3 Å². The van der Waals surface area contributed by atoms with Crippen molar-refractivity contribution < 1.29 is 19.1 Å². The minimum Gasteiger partial charge on any atom is -0.462 e. The van der Waals surface area contributed by atoms with Gasteiger partial charge in [0.05, 0.1) is 6.10 Å². The molecule has 124 valence electrons. The molecule has 1 amide bonds. The van der Waals surface area contributed by atoms with Gasteiger partial charge in [0.25, 0.3) is 6.47 Å². The quantitative estimate of drug-likeness (QED) is 0.782. The molecule has 0 aromatic carbocycles. The molecule has 2 N–H and O–H groups in total. The van der Waals surface area contributed by atoms with Crippen molar-refractivity contribution in [3.05, 3.63) is 0 Å². The van der Waals surface area contributed by atoms with Crippen LogP contribution < -0.4 is 10.6 Å². The van der Waals surface area contributed by atoms with Gasteiger partial charge in [-0.15, -0.1) is 0 Å². The molecule has 0 unspecified atom stereocenters. The molecule has 1 aliphatic heterocycles. The van der Waals surface area contributed by atoms with Gasteiger partial charge in [-0.05, 0) is 67.5 Å². The molecule has 1 rings (SSSR count). The predicted octanol–water partition coefficient (Wildman–Crippen LogP) is 2.22. The molecule has 21 heavy (non-hydrogen) atoms. The summed E-state index contributed by atoms with van der Waals surface area (Å²) in [7, 11) is 0. The second kappa shape index (κ2) is 8.87. The number of rotatable bonds is 3. The number of ether oxygens (including phenoxy) is 2. The summed E-state index contributed by atoms with van der Waals surface area (Å²) in [6.45, 7) is 13.6. The van der Waals surface area contributed by atoms with E-state index in [9.17, 15) is 9.59 Å². The fraction of sp³-hybridized carbons (Fsp3) is 0.867. The molecular weight excluding hydrogens is 272 g/mol. The summed E-state index contributed by atoms with van der Waals surface area (Å²) < 4.78 is 9.60. The second-order valence-electron chi connectivity index (χ2n) is 6.72. The van der Waals surface area contributed by atoms with Crippen LogP contribution in [0.5, 0.6) is 0 Å². The van der Waals surface area contributed by atoms with E-state index in [4.69, 9.17) is 4.74 Å². The van der Waals surface area contributed by atoms with E-state index in [0.717, 1.165) is 25.9 Å². The van der Waals surface area contributed by atoms with E-state index in [0.29, 0.717) is 6.47 Å². The van der Waals surface area contributed by atoms with Crippen LogP contribution in [0.4, 0.5) is 4.79 Å². The molecule has 1 fully saturated rings. The van der Waals surface area contributed by atoms with Gasteiger partial charge in [-0.2, -0.15) is 0 Å². The standard InChI is InChI=1S/C10H20N2O2.C5H10O2/c1-8(2)14-9(13)12-10(3)4-6-11-7-5-10;1-5(2,3)7-4-6/h8,11H,4-7H2,1-3H3,(H,12,13);4H,1-3H3. The third-order valence-corrected chi connectivity index (χ3v) is 2.86. The van der Waals surface area contributed by atoms with Gasteiger partial charge < -0.3 is 20.1 Å². The summed E-state index contributed by atoms with van der Waals surface area (Å²) in [5.41, 5.74) is -0.418. The fourth-order valence-electron chi connectivity index (χ4n) is 1.74. The van der Waals surface area contributed by atoms with Crippen LogP contribution in [0.3, 0.4) is 0 Å². The summed E-state index contributed by atoms with van der Waals surface area (Å²) in [6, 6.07) is 0. The van der Waals surface area contributed by atoms with Crippen LogP contribution in [0.25, 0.3) is 0 Å². The number of carbonyl (C=O) groups excluding carboxylic acids is 2. The number of piperidine rings is 1. The number of nitrogens with one attached hydrogen (secondary N) is 2. The summed E-state index contributed by atoms with van der Waals surface area (Å²) in [5, 5.41) is 6.19. The lowest BCUT2D eigenvalue weighted by atomic mass is 9.91. The Kier molecular flexibility index (Phi) is 8.32. The van der Waals surface area contributed by atoms with E-state index in [1.54, 1.807) is 0 Å². The Morgan fingerprint density at radius 2 is 1.81 bits per heavy atom. The zero-order valence-corrected chi connectivity index (χ0v) is 14.1. The van der Waals surface area contributed by atoms with Crippen molar-refractivity contribution in [1.82, 2.24) is 10.6 Å². The third-order valence-electron chi connectivity index (χ3n) is 2.86. The molecule has 1 saturated heterocycles. The lowest BCUT2D eigenvalue weighted by Crippen LogP contribution is -2.52. The van der Waals surface area contributed by atoms with E-state index in [1.165, 1.54) is 0 Å². The monoisotopic (exact) mass is 302 g/mol. The summed E-state index contributed by atoms with van der Waals surface area (Å²) in [6.07, 6.45) is 1.56. The maximum Gasteiger partial charge on any atom is 0.407 e.